The molecule has 0 bridgehead atoms. The van der Waals surface area contributed by atoms with E-state index in [9.17, 15) is 9.18 Å². The molecular formula is C12H11ClFN3O. The second-order valence-corrected chi connectivity index (χ2v) is 4.18. The summed E-state index contributed by atoms with van der Waals surface area (Å²) < 4.78 is 15.3. The van der Waals surface area contributed by atoms with Gasteiger partial charge >= 0.3 is 0 Å². The maximum absolute atomic E-state index is 13.6. The number of carbonyl (C=O) groups excluding carboxylic acids is 1. The van der Waals surface area contributed by atoms with Gasteiger partial charge in [0.05, 0.1) is 11.9 Å². The van der Waals surface area contributed by atoms with Crippen molar-refractivity contribution in [1.29, 1.82) is 0 Å². The Bertz CT molecular complexity index is 582. The molecule has 0 aliphatic carbocycles. The van der Waals surface area contributed by atoms with Crippen LogP contribution in [0.3, 0.4) is 0 Å². The van der Waals surface area contributed by atoms with Gasteiger partial charge in [-0.1, -0.05) is 11.6 Å². The molecule has 1 aromatic heterocycles. The molecule has 0 saturated carbocycles. The number of benzene rings is 1. The molecule has 2 rings (SSSR count). The summed E-state index contributed by atoms with van der Waals surface area (Å²) in [6, 6.07) is 3.92. The number of imidazole rings is 1. The Hall–Kier alpha value is -1.72. The SMILES string of the molecule is NCCn1cnc(C(=O)c2ccc(Cl)cc2F)c1. The van der Waals surface area contributed by atoms with Crippen molar-refractivity contribution in [2.75, 3.05) is 6.54 Å². The molecule has 0 aliphatic heterocycles. The van der Waals surface area contributed by atoms with Crippen LogP contribution in [0.5, 0.6) is 0 Å². The van der Waals surface area contributed by atoms with E-state index < -0.39 is 11.6 Å². The van der Waals surface area contributed by atoms with E-state index in [0.29, 0.717) is 13.1 Å². The van der Waals surface area contributed by atoms with Gasteiger partial charge in [0.15, 0.2) is 0 Å². The first-order valence-electron chi connectivity index (χ1n) is 5.33. The van der Waals surface area contributed by atoms with Crippen LogP contribution in [0, 0.1) is 5.82 Å². The third kappa shape index (κ3) is 2.57. The van der Waals surface area contributed by atoms with Crippen LogP contribution in [-0.4, -0.2) is 21.9 Å². The summed E-state index contributed by atoms with van der Waals surface area (Å²) in [5.41, 5.74) is 5.53. The second kappa shape index (κ2) is 5.29. The van der Waals surface area contributed by atoms with E-state index in [4.69, 9.17) is 17.3 Å². The first-order valence-corrected chi connectivity index (χ1v) is 5.71. The van der Waals surface area contributed by atoms with Gasteiger partial charge in [-0.2, -0.15) is 0 Å². The molecule has 6 heteroatoms. The van der Waals surface area contributed by atoms with E-state index in [1.807, 2.05) is 0 Å². The molecule has 18 heavy (non-hydrogen) atoms. The van der Waals surface area contributed by atoms with Gasteiger partial charge in [-0.25, -0.2) is 9.37 Å². The van der Waals surface area contributed by atoms with Gasteiger partial charge in [0.2, 0.25) is 5.78 Å². The molecule has 94 valence electrons. The normalized spacial score (nSPS) is 10.6. The summed E-state index contributed by atoms with van der Waals surface area (Å²) in [5, 5.41) is 0.248. The van der Waals surface area contributed by atoms with Crippen molar-refractivity contribution < 1.29 is 9.18 Å². The van der Waals surface area contributed by atoms with Crippen LogP contribution in [-0.2, 0) is 6.54 Å². The van der Waals surface area contributed by atoms with Gasteiger partial charge in [-0.3, -0.25) is 4.79 Å². The van der Waals surface area contributed by atoms with Crippen LogP contribution in [0.4, 0.5) is 4.39 Å². The lowest BCUT2D eigenvalue weighted by Gasteiger charge is -2.00. The Morgan fingerprint density at radius 3 is 2.94 bits per heavy atom. The zero-order valence-corrected chi connectivity index (χ0v) is 10.2. The highest BCUT2D eigenvalue weighted by molar-refractivity contribution is 6.30. The van der Waals surface area contributed by atoms with Gasteiger partial charge < -0.3 is 10.3 Å². The lowest BCUT2D eigenvalue weighted by molar-refractivity contribution is 0.103. The Morgan fingerprint density at radius 2 is 2.28 bits per heavy atom. The predicted octanol–water partition coefficient (Wildman–Crippen LogP) is 1.87. The highest BCUT2D eigenvalue weighted by atomic mass is 35.5. The first kappa shape index (κ1) is 12.7. The third-order valence-electron chi connectivity index (χ3n) is 2.43. The highest BCUT2D eigenvalue weighted by Crippen LogP contribution is 2.17. The fraction of sp³-hybridized carbons (Fsp3) is 0.167. The standard InChI is InChI=1S/C12H11ClFN3O/c13-8-1-2-9(10(14)5-8)12(18)11-6-17(4-3-15)7-16-11/h1-2,5-7H,3-4,15H2. The zero-order chi connectivity index (χ0) is 13.1. The molecular weight excluding hydrogens is 257 g/mol. The van der Waals surface area contributed by atoms with E-state index in [2.05, 4.69) is 4.98 Å². The fourth-order valence-corrected chi connectivity index (χ4v) is 1.72. The average molecular weight is 268 g/mol. The first-order chi connectivity index (χ1) is 8.61. The van der Waals surface area contributed by atoms with Crippen LogP contribution in [0.2, 0.25) is 5.02 Å². The summed E-state index contributed by atoms with van der Waals surface area (Å²) >= 11 is 5.63. The number of nitrogens with two attached hydrogens (primary N) is 1. The molecule has 0 atom stereocenters. The summed E-state index contributed by atoms with van der Waals surface area (Å²) in [6.07, 6.45) is 3.04. The minimum absolute atomic E-state index is 0.0441. The summed E-state index contributed by atoms with van der Waals surface area (Å²) in [6.45, 7) is 1.00. The molecule has 0 saturated heterocycles. The number of rotatable bonds is 4. The van der Waals surface area contributed by atoms with E-state index in [-0.39, 0.29) is 16.3 Å². The highest BCUT2D eigenvalue weighted by Gasteiger charge is 2.16. The van der Waals surface area contributed by atoms with Gasteiger partial charge in [0, 0.05) is 24.3 Å². The van der Waals surface area contributed by atoms with Crippen LogP contribution in [0.25, 0.3) is 0 Å². The molecule has 0 unspecified atom stereocenters. The van der Waals surface area contributed by atoms with Crippen molar-refractivity contribution in [1.82, 2.24) is 9.55 Å². The van der Waals surface area contributed by atoms with Crippen LogP contribution < -0.4 is 5.73 Å². The molecule has 2 aromatic rings. The Morgan fingerprint density at radius 1 is 1.50 bits per heavy atom. The fourth-order valence-electron chi connectivity index (χ4n) is 1.56. The number of hydrogen-bond donors (Lipinski definition) is 1. The lowest BCUT2D eigenvalue weighted by Crippen LogP contribution is -2.08. The minimum Gasteiger partial charge on any atom is -0.335 e. The Balaban J connectivity index is 2.29. The third-order valence-corrected chi connectivity index (χ3v) is 2.66. The zero-order valence-electron chi connectivity index (χ0n) is 9.44. The molecule has 0 fully saturated rings. The monoisotopic (exact) mass is 267 g/mol. The van der Waals surface area contributed by atoms with Crippen molar-refractivity contribution in [2.45, 2.75) is 6.54 Å². The number of carbonyl (C=O) groups is 1. The number of aromatic nitrogens is 2. The molecule has 0 spiro atoms. The second-order valence-electron chi connectivity index (χ2n) is 3.74. The van der Waals surface area contributed by atoms with E-state index in [1.54, 1.807) is 10.8 Å². The topological polar surface area (TPSA) is 60.9 Å². The number of ketones is 1. The van der Waals surface area contributed by atoms with Crippen molar-refractivity contribution in [3.63, 3.8) is 0 Å². The maximum Gasteiger partial charge on any atom is 0.215 e. The maximum atomic E-state index is 13.6. The van der Waals surface area contributed by atoms with Gasteiger partial charge in [0.25, 0.3) is 0 Å². The summed E-state index contributed by atoms with van der Waals surface area (Å²) in [4.78, 5) is 15.9. The predicted molar refractivity (Wildman–Crippen MR) is 66.1 cm³/mol. The molecule has 1 heterocycles. The summed E-state index contributed by atoms with van der Waals surface area (Å²) in [5.74, 6) is -1.12. The van der Waals surface area contributed by atoms with Crippen LogP contribution >= 0.6 is 11.6 Å². The van der Waals surface area contributed by atoms with Gasteiger partial charge in [-0.15, -0.1) is 0 Å². The van der Waals surface area contributed by atoms with Gasteiger partial charge in [0.1, 0.15) is 11.5 Å². The largest absolute Gasteiger partial charge is 0.335 e. The van der Waals surface area contributed by atoms with E-state index >= 15 is 0 Å². The van der Waals surface area contributed by atoms with E-state index in [1.165, 1.54) is 18.5 Å². The molecule has 4 nitrogen and oxygen atoms in total. The van der Waals surface area contributed by atoms with Crippen molar-refractivity contribution in [3.8, 4) is 0 Å². The summed E-state index contributed by atoms with van der Waals surface area (Å²) in [7, 11) is 0. The van der Waals surface area contributed by atoms with E-state index in [0.717, 1.165) is 6.07 Å². The number of hydrogen-bond acceptors (Lipinski definition) is 3. The smallest absolute Gasteiger partial charge is 0.215 e. The average Bonchev–Trinajstić information content (AvgIpc) is 2.77. The number of halogens is 2. The Labute approximate surface area is 108 Å². The minimum atomic E-state index is -0.652. The van der Waals surface area contributed by atoms with Crippen molar-refractivity contribution in [3.05, 3.63) is 52.8 Å². The van der Waals surface area contributed by atoms with Crippen molar-refractivity contribution >= 4 is 17.4 Å². The molecule has 0 amide bonds. The van der Waals surface area contributed by atoms with Crippen LogP contribution in [0.1, 0.15) is 16.1 Å². The molecule has 0 aliphatic rings. The quantitative estimate of drug-likeness (QED) is 0.860. The lowest BCUT2D eigenvalue weighted by atomic mass is 10.1. The Kier molecular flexibility index (Phi) is 3.74. The molecule has 2 N–H and O–H groups in total. The van der Waals surface area contributed by atoms with Gasteiger partial charge in [-0.05, 0) is 18.2 Å². The number of nitrogens with zero attached hydrogens (tertiary/aromatic N) is 2. The van der Waals surface area contributed by atoms with Crippen LogP contribution in [0.15, 0.2) is 30.7 Å². The molecule has 1 aromatic carbocycles. The molecule has 0 radical (unpaired) electrons. The van der Waals surface area contributed by atoms with Crippen molar-refractivity contribution in [2.24, 2.45) is 5.73 Å².